The molecule has 0 aliphatic carbocycles. The molecule has 8 heteroatoms. The Bertz CT molecular complexity index is 1090. The largest absolute Gasteiger partial charge is 0.444 e. The summed E-state index contributed by atoms with van der Waals surface area (Å²) >= 11 is 0. The number of benzene rings is 1. The lowest BCUT2D eigenvalue weighted by atomic mass is 10.2. The predicted molar refractivity (Wildman–Crippen MR) is 108 cm³/mol. The van der Waals surface area contributed by atoms with Crippen molar-refractivity contribution in [1.29, 1.82) is 0 Å². The first-order chi connectivity index (χ1) is 14.2. The second kappa shape index (κ2) is 8.74. The number of alkyl carbamates (subject to hydrolysis) is 1. The Labute approximate surface area is 173 Å². The molecule has 1 aromatic carbocycles. The van der Waals surface area contributed by atoms with Crippen molar-refractivity contribution in [3.8, 4) is 23.4 Å². The van der Waals surface area contributed by atoms with Crippen molar-refractivity contribution in [3.63, 3.8) is 0 Å². The molecule has 3 aromatic rings. The Morgan fingerprint density at radius 3 is 2.63 bits per heavy atom. The fraction of sp³-hybridized carbons (Fsp3) is 0.273. The summed E-state index contributed by atoms with van der Waals surface area (Å²) in [6.07, 6.45) is 0.995. The maximum atomic E-state index is 13.2. The van der Waals surface area contributed by atoms with Crippen LogP contribution in [0.3, 0.4) is 0 Å². The van der Waals surface area contributed by atoms with E-state index < -0.39 is 17.7 Å². The number of carbonyl (C=O) groups is 1. The Balaban J connectivity index is 1.66. The molecule has 30 heavy (non-hydrogen) atoms. The monoisotopic (exact) mass is 408 g/mol. The minimum Gasteiger partial charge on any atom is -0.444 e. The second-order valence-corrected chi connectivity index (χ2v) is 7.52. The van der Waals surface area contributed by atoms with Crippen LogP contribution in [-0.2, 0) is 4.74 Å². The highest BCUT2D eigenvalue weighted by Crippen LogP contribution is 2.18. The van der Waals surface area contributed by atoms with Gasteiger partial charge < -0.3 is 14.6 Å². The molecule has 1 amide bonds. The maximum absolute atomic E-state index is 13.2. The highest BCUT2D eigenvalue weighted by Gasteiger charge is 2.21. The summed E-state index contributed by atoms with van der Waals surface area (Å²) in [6, 6.07) is 8.99. The molecule has 7 nitrogen and oxygen atoms in total. The van der Waals surface area contributed by atoms with Crippen LogP contribution >= 0.6 is 0 Å². The molecule has 1 atom stereocenters. The van der Waals surface area contributed by atoms with Gasteiger partial charge in [0.1, 0.15) is 23.2 Å². The van der Waals surface area contributed by atoms with Crippen LogP contribution in [0.25, 0.3) is 11.5 Å². The molecule has 0 spiro atoms. The van der Waals surface area contributed by atoms with Gasteiger partial charge in [-0.25, -0.2) is 9.18 Å². The van der Waals surface area contributed by atoms with Crippen molar-refractivity contribution in [2.24, 2.45) is 0 Å². The summed E-state index contributed by atoms with van der Waals surface area (Å²) in [5.74, 6) is 5.99. The van der Waals surface area contributed by atoms with Crippen molar-refractivity contribution >= 4 is 6.09 Å². The molecule has 154 valence electrons. The molecule has 0 radical (unpaired) electrons. The Morgan fingerprint density at radius 2 is 1.97 bits per heavy atom. The van der Waals surface area contributed by atoms with Crippen LogP contribution in [0.4, 0.5) is 9.18 Å². The molecular formula is C22H21FN4O3. The number of ether oxygens (including phenoxy) is 1. The Kier molecular flexibility index (Phi) is 6.11. The number of nitrogens with one attached hydrogen (secondary N) is 1. The smallest absolute Gasteiger partial charge is 0.408 e. The third-order valence-corrected chi connectivity index (χ3v) is 3.71. The summed E-state index contributed by atoms with van der Waals surface area (Å²) in [6.45, 7) is 7.04. The van der Waals surface area contributed by atoms with Crippen LogP contribution in [-0.4, -0.2) is 26.8 Å². The first-order valence-corrected chi connectivity index (χ1v) is 9.27. The zero-order chi connectivity index (χ0) is 21.7. The molecule has 0 saturated carbocycles. The zero-order valence-corrected chi connectivity index (χ0v) is 17.1. The molecule has 0 saturated heterocycles. The van der Waals surface area contributed by atoms with E-state index in [9.17, 15) is 9.18 Å². The number of rotatable bonds is 3. The van der Waals surface area contributed by atoms with E-state index in [1.165, 1.54) is 12.1 Å². The summed E-state index contributed by atoms with van der Waals surface area (Å²) < 4.78 is 23.6. The van der Waals surface area contributed by atoms with E-state index >= 15 is 0 Å². The molecule has 0 aliphatic heterocycles. The Hall–Kier alpha value is -3.73. The second-order valence-electron chi connectivity index (χ2n) is 7.52. The average molecular weight is 408 g/mol. The van der Waals surface area contributed by atoms with Gasteiger partial charge in [0.25, 0.3) is 0 Å². The number of aromatic nitrogens is 3. The Morgan fingerprint density at radius 1 is 1.20 bits per heavy atom. The summed E-state index contributed by atoms with van der Waals surface area (Å²) in [5, 5.41) is 6.54. The first-order valence-electron chi connectivity index (χ1n) is 9.27. The van der Waals surface area contributed by atoms with Gasteiger partial charge in [-0.05, 0) is 58.0 Å². The highest BCUT2D eigenvalue weighted by molar-refractivity contribution is 5.68. The van der Waals surface area contributed by atoms with Gasteiger partial charge in [-0.15, -0.1) is 0 Å². The zero-order valence-electron chi connectivity index (χ0n) is 17.1. The van der Waals surface area contributed by atoms with Crippen molar-refractivity contribution in [1.82, 2.24) is 20.4 Å². The van der Waals surface area contributed by atoms with Crippen LogP contribution < -0.4 is 5.32 Å². The van der Waals surface area contributed by atoms with Gasteiger partial charge in [-0.3, -0.25) is 4.98 Å². The molecule has 1 N–H and O–H groups in total. The molecular weight excluding hydrogens is 387 g/mol. The minimum atomic E-state index is -0.604. The fourth-order valence-corrected chi connectivity index (χ4v) is 2.37. The third-order valence-electron chi connectivity index (χ3n) is 3.71. The van der Waals surface area contributed by atoms with Gasteiger partial charge in [-0.2, -0.15) is 4.98 Å². The molecule has 2 aromatic heterocycles. The fourth-order valence-electron chi connectivity index (χ4n) is 2.37. The van der Waals surface area contributed by atoms with E-state index in [2.05, 4.69) is 32.3 Å². The lowest BCUT2D eigenvalue weighted by Crippen LogP contribution is -2.34. The first kappa shape index (κ1) is 21.0. The van der Waals surface area contributed by atoms with Crippen molar-refractivity contribution in [2.75, 3.05) is 0 Å². The number of pyridine rings is 1. The highest BCUT2D eigenvalue weighted by atomic mass is 19.1. The number of nitrogens with zero attached hydrogens (tertiary/aromatic N) is 3. The van der Waals surface area contributed by atoms with E-state index in [1.807, 2.05) is 0 Å². The summed E-state index contributed by atoms with van der Waals surface area (Å²) in [5.41, 5.74) is 1.12. The van der Waals surface area contributed by atoms with Crippen molar-refractivity contribution < 1.29 is 18.4 Å². The van der Waals surface area contributed by atoms with Crippen LogP contribution in [0.5, 0.6) is 0 Å². The molecule has 0 aliphatic rings. The van der Waals surface area contributed by atoms with Crippen LogP contribution in [0, 0.1) is 17.7 Å². The SMILES string of the molecule is CC(NC(=O)OC(C)(C)C)c1nc(-c2ccc(C#Cc3cccc(F)c3)cn2)no1. The van der Waals surface area contributed by atoms with E-state index in [0.29, 0.717) is 16.8 Å². The summed E-state index contributed by atoms with van der Waals surface area (Å²) in [7, 11) is 0. The number of hydrogen-bond donors (Lipinski definition) is 1. The predicted octanol–water partition coefficient (Wildman–Crippen LogP) is 4.26. The van der Waals surface area contributed by atoms with E-state index in [4.69, 9.17) is 9.26 Å². The molecule has 2 heterocycles. The van der Waals surface area contributed by atoms with Gasteiger partial charge in [0, 0.05) is 17.3 Å². The number of carbonyl (C=O) groups excluding carboxylic acids is 1. The summed E-state index contributed by atoms with van der Waals surface area (Å²) in [4.78, 5) is 20.4. The lowest BCUT2D eigenvalue weighted by Gasteiger charge is -2.20. The molecule has 0 fully saturated rings. The standard InChI is InChI=1S/C22H21FN4O3/c1-14(25-21(28)29-22(2,3)4)20-26-19(27-30-20)18-11-10-16(13-24-18)9-8-15-6-5-7-17(23)12-15/h5-7,10-14H,1-4H3,(H,25,28). The average Bonchev–Trinajstić information content (AvgIpc) is 3.16. The van der Waals surface area contributed by atoms with Crippen molar-refractivity contribution in [3.05, 3.63) is 65.4 Å². The quantitative estimate of drug-likeness (QED) is 0.652. The van der Waals surface area contributed by atoms with Crippen LogP contribution in [0.15, 0.2) is 47.1 Å². The van der Waals surface area contributed by atoms with Gasteiger partial charge >= 0.3 is 6.09 Å². The van der Waals surface area contributed by atoms with Gasteiger partial charge in [0.05, 0.1) is 0 Å². The normalized spacial score (nSPS) is 11.9. The number of halogens is 1. The van der Waals surface area contributed by atoms with Gasteiger partial charge in [0.15, 0.2) is 0 Å². The molecule has 0 bridgehead atoms. The van der Waals surface area contributed by atoms with E-state index in [1.54, 1.807) is 58.2 Å². The number of hydrogen-bond acceptors (Lipinski definition) is 6. The molecule has 3 rings (SSSR count). The van der Waals surface area contributed by atoms with E-state index in [0.717, 1.165) is 0 Å². The third kappa shape index (κ3) is 5.88. The minimum absolute atomic E-state index is 0.229. The van der Waals surface area contributed by atoms with Crippen LogP contribution in [0.2, 0.25) is 0 Å². The van der Waals surface area contributed by atoms with E-state index in [-0.39, 0.29) is 17.5 Å². The van der Waals surface area contributed by atoms with Gasteiger partial charge in [-0.1, -0.05) is 23.1 Å². The number of amides is 1. The maximum Gasteiger partial charge on any atom is 0.408 e. The topological polar surface area (TPSA) is 90.1 Å². The van der Waals surface area contributed by atoms with Crippen molar-refractivity contribution in [2.45, 2.75) is 39.3 Å². The van der Waals surface area contributed by atoms with Crippen LogP contribution in [0.1, 0.15) is 50.8 Å². The lowest BCUT2D eigenvalue weighted by molar-refractivity contribution is 0.0499. The van der Waals surface area contributed by atoms with Gasteiger partial charge in [0.2, 0.25) is 11.7 Å². The molecule has 1 unspecified atom stereocenters.